The first-order valence-corrected chi connectivity index (χ1v) is 9.31. The molecule has 0 bridgehead atoms. The van der Waals surface area contributed by atoms with Gasteiger partial charge < -0.3 is 0 Å². The van der Waals surface area contributed by atoms with Crippen molar-refractivity contribution in [1.82, 2.24) is 0 Å². The van der Waals surface area contributed by atoms with Gasteiger partial charge in [0.25, 0.3) is 0 Å². The second-order valence-electron chi connectivity index (χ2n) is 6.95. The Morgan fingerprint density at radius 1 is 0.875 bits per heavy atom. The van der Waals surface area contributed by atoms with Gasteiger partial charge in [0.1, 0.15) is 5.82 Å². The molecule has 0 nitrogen and oxygen atoms in total. The molecular weight excluding hydrogens is 295 g/mol. The van der Waals surface area contributed by atoms with Crippen LogP contribution in [-0.4, -0.2) is 0 Å². The maximum atomic E-state index is 13.0. The largest absolute Gasteiger partial charge is 0.207 e. The van der Waals surface area contributed by atoms with Gasteiger partial charge in [0.05, 0.1) is 0 Å². The maximum absolute atomic E-state index is 13.0. The van der Waals surface area contributed by atoms with E-state index >= 15 is 0 Å². The lowest BCUT2D eigenvalue weighted by molar-refractivity contribution is 0.428. The van der Waals surface area contributed by atoms with E-state index in [-0.39, 0.29) is 5.82 Å². The lowest BCUT2D eigenvalue weighted by Crippen LogP contribution is -2.05. The van der Waals surface area contributed by atoms with Gasteiger partial charge in [-0.3, -0.25) is 0 Å². The van der Waals surface area contributed by atoms with E-state index in [2.05, 4.69) is 37.3 Å². The summed E-state index contributed by atoms with van der Waals surface area (Å²) in [5.74, 6) is 0.704. The van der Waals surface area contributed by atoms with Crippen molar-refractivity contribution in [3.63, 3.8) is 0 Å². The molecule has 0 amide bonds. The first-order valence-electron chi connectivity index (χ1n) is 9.31. The highest BCUT2D eigenvalue weighted by Crippen LogP contribution is 2.33. The first kappa shape index (κ1) is 17.0. The molecule has 2 aromatic rings. The van der Waals surface area contributed by atoms with E-state index in [0.29, 0.717) is 0 Å². The Kier molecular flexibility index (Phi) is 5.85. The molecule has 1 aliphatic rings. The Morgan fingerprint density at radius 2 is 1.50 bits per heavy atom. The van der Waals surface area contributed by atoms with Crippen LogP contribution in [0.4, 0.5) is 4.39 Å². The van der Waals surface area contributed by atoms with Crippen LogP contribution in [-0.2, 0) is 0 Å². The molecule has 0 N–H and O–H groups in total. The third kappa shape index (κ3) is 4.35. The molecule has 0 aliphatic heterocycles. The quantitative estimate of drug-likeness (QED) is 0.491. The molecule has 0 aromatic heterocycles. The Hall–Kier alpha value is -1.89. The number of hydrogen-bond donors (Lipinski definition) is 0. The third-order valence-electron chi connectivity index (χ3n) is 5.17. The third-order valence-corrected chi connectivity index (χ3v) is 5.17. The molecule has 0 fully saturated rings. The summed E-state index contributed by atoms with van der Waals surface area (Å²) in [6, 6.07) is 15.4. The molecule has 1 unspecified atom stereocenters. The van der Waals surface area contributed by atoms with E-state index < -0.39 is 0 Å². The van der Waals surface area contributed by atoms with Gasteiger partial charge in [-0.1, -0.05) is 75.1 Å². The van der Waals surface area contributed by atoms with Crippen LogP contribution in [0.25, 0.3) is 16.7 Å². The molecule has 1 atom stereocenters. The fourth-order valence-electron chi connectivity index (χ4n) is 3.61. The van der Waals surface area contributed by atoms with Gasteiger partial charge in [0.15, 0.2) is 0 Å². The summed E-state index contributed by atoms with van der Waals surface area (Å²) in [4.78, 5) is 0. The SMILES string of the molecule is CCCCCC1CC=C(c2ccc(-c3ccc(F)cc3)cc2)CC1. The van der Waals surface area contributed by atoms with Crippen molar-refractivity contribution in [3.05, 3.63) is 66.0 Å². The summed E-state index contributed by atoms with van der Waals surface area (Å²) in [5, 5.41) is 0. The van der Waals surface area contributed by atoms with E-state index in [1.54, 1.807) is 0 Å². The minimum atomic E-state index is -0.184. The van der Waals surface area contributed by atoms with E-state index in [4.69, 9.17) is 0 Å². The second kappa shape index (κ2) is 8.28. The molecule has 2 aromatic carbocycles. The van der Waals surface area contributed by atoms with Crippen LogP contribution in [0.15, 0.2) is 54.6 Å². The summed E-state index contributed by atoms with van der Waals surface area (Å²) in [6.45, 7) is 2.27. The van der Waals surface area contributed by atoms with Crippen LogP contribution in [0, 0.1) is 11.7 Å². The summed E-state index contributed by atoms with van der Waals surface area (Å²) in [7, 11) is 0. The van der Waals surface area contributed by atoms with Crippen LogP contribution >= 0.6 is 0 Å². The predicted octanol–water partition coefficient (Wildman–Crippen LogP) is 7.26. The number of hydrogen-bond acceptors (Lipinski definition) is 0. The summed E-state index contributed by atoms with van der Waals surface area (Å²) >= 11 is 0. The van der Waals surface area contributed by atoms with Crippen molar-refractivity contribution < 1.29 is 4.39 Å². The summed E-state index contributed by atoms with van der Waals surface area (Å²) in [5.41, 5.74) is 5.05. The highest BCUT2D eigenvalue weighted by atomic mass is 19.1. The van der Waals surface area contributed by atoms with Crippen molar-refractivity contribution >= 4 is 5.57 Å². The molecule has 126 valence electrons. The van der Waals surface area contributed by atoms with Gasteiger partial charge in [0, 0.05) is 0 Å². The van der Waals surface area contributed by atoms with Crippen LogP contribution < -0.4 is 0 Å². The van der Waals surface area contributed by atoms with Crippen molar-refractivity contribution in [1.29, 1.82) is 0 Å². The summed E-state index contributed by atoms with van der Waals surface area (Å²) < 4.78 is 13.0. The van der Waals surface area contributed by atoms with Crippen LogP contribution in [0.5, 0.6) is 0 Å². The minimum absolute atomic E-state index is 0.184. The molecule has 1 heteroatoms. The second-order valence-corrected chi connectivity index (χ2v) is 6.95. The molecule has 24 heavy (non-hydrogen) atoms. The topological polar surface area (TPSA) is 0 Å². The molecule has 0 spiro atoms. The normalized spacial score (nSPS) is 17.6. The van der Waals surface area contributed by atoms with Crippen LogP contribution in [0.3, 0.4) is 0 Å². The number of benzene rings is 2. The molecule has 0 saturated heterocycles. The van der Waals surface area contributed by atoms with E-state index in [1.165, 1.54) is 68.2 Å². The number of rotatable bonds is 6. The Bertz CT molecular complexity index is 664. The molecular formula is C23H27F. The standard InChI is InChI=1S/C23H27F/c1-2-3-4-5-18-6-8-19(9-7-18)20-10-12-21(13-11-20)22-14-16-23(24)17-15-22/h8,10-18H,2-7,9H2,1H3. The Morgan fingerprint density at radius 3 is 2.08 bits per heavy atom. The Balaban J connectivity index is 1.63. The minimum Gasteiger partial charge on any atom is -0.207 e. The molecule has 0 radical (unpaired) electrons. The number of allylic oxidation sites excluding steroid dienone is 2. The van der Waals surface area contributed by atoms with E-state index in [1.807, 2.05) is 12.1 Å². The lowest BCUT2D eigenvalue weighted by Gasteiger charge is -2.22. The van der Waals surface area contributed by atoms with E-state index in [0.717, 1.165) is 17.0 Å². The fourth-order valence-corrected chi connectivity index (χ4v) is 3.61. The average molecular weight is 322 g/mol. The van der Waals surface area contributed by atoms with Gasteiger partial charge >= 0.3 is 0 Å². The molecule has 0 heterocycles. The smallest absolute Gasteiger partial charge is 0.123 e. The predicted molar refractivity (Wildman–Crippen MR) is 101 cm³/mol. The first-order chi connectivity index (χ1) is 11.8. The zero-order valence-corrected chi connectivity index (χ0v) is 14.6. The lowest BCUT2D eigenvalue weighted by atomic mass is 9.83. The van der Waals surface area contributed by atoms with Crippen LogP contribution in [0.1, 0.15) is 57.4 Å². The van der Waals surface area contributed by atoms with Gasteiger partial charge in [-0.2, -0.15) is 0 Å². The zero-order chi connectivity index (χ0) is 16.8. The van der Waals surface area contributed by atoms with Crippen molar-refractivity contribution in [2.24, 2.45) is 5.92 Å². The van der Waals surface area contributed by atoms with Gasteiger partial charge in [0.2, 0.25) is 0 Å². The maximum Gasteiger partial charge on any atom is 0.123 e. The zero-order valence-electron chi connectivity index (χ0n) is 14.6. The average Bonchev–Trinajstić information content (AvgIpc) is 2.63. The van der Waals surface area contributed by atoms with E-state index in [9.17, 15) is 4.39 Å². The van der Waals surface area contributed by atoms with Crippen molar-refractivity contribution in [2.45, 2.75) is 51.9 Å². The van der Waals surface area contributed by atoms with Crippen LogP contribution in [0.2, 0.25) is 0 Å². The number of unbranched alkanes of at least 4 members (excludes halogenated alkanes) is 2. The monoisotopic (exact) mass is 322 g/mol. The molecule has 0 saturated carbocycles. The van der Waals surface area contributed by atoms with Gasteiger partial charge in [-0.05, 0) is 59.6 Å². The molecule has 3 rings (SSSR count). The van der Waals surface area contributed by atoms with Gasteiger partial charge in [-0.25, -0.2) is 4.39 Å². The fraction of sp³-hybridized carbons (Fsp3) is 0.391. The molecule has 1 aliphatic carbocycles. The van der Waals surface area contributed by atoms with Crippen molar-refractivity contribution in [2.75, 3.05) is 0 Å². The van der Waals surface area contributed by atoms with Gasteiger partial charge in [-0.15, -0.1) is 0 Å². The highest BCUT2D eigenvalue weighted by molar-refractivity contribution is 5.70. The summed E-state index contributed by atoms with van der Waals surface area (Å²) in [6.07, 6.45) is 11.7. The number of halogens is 1. The Labute approximate surface area is 145 Å². The highest BCUT2D eigenvalue weighted by Gasteiger charge is 2.15. The van der Waals surface area contributed by atoms with Crippen molar-refractivity contribution in [3.8, 4) is 11.1 Å².